The Balaban J connectivity index is 1.69. The van der Waals surface area contributed by atoms with Gasteiger partial charge in [-0.15, -0.1) is 0 Å². The Morgan fingerprint density at radius 1 is 1.22 bits per heavy atom. The average Bonchev–Trinajstić information content (AvgIpc) is 3.18. The molecule has 8 nitrogen and oxygen atoms in total. The van der Waals surface area contributed by atoms with Crippen LogP contribution in [0.5, 0.6) is 5.75 Å². The van der Waals surface area contributed by atoms with Crippen LogP contribution < -0.4 is 10.9 Å². The number of amides is 1. The smallest absolute Gasteiger partial charge is 0.336 e. The van der Waals surface area contributed by atoms with Crippen LogP contribution in [0.3, 0.4) is 0 Å². The Morgan fingerprint density at radius 2 is 2.04 bits per heavy atom. The first-order chi connectivity index (χ1) is 13.0. The van der Waals surface area contributed by atoms with E-state index in [0.29, 0.717) is 22.9 Å². The number of nitrogens with one attached hydrogen (secondary N) is 1. The lowest BCUT2D eigenvalue weighted by molar-refractivity contribution is -0.143. The van der Waals surface area contributed by atoms with Crippen LogP contribution in [-0.2, 0) is 22.6 Å². The van der Waals surface area contributed by atoms with Crippen LogP contribution >= 0.6 is 0 Å². The first-order valence-electron chi connectivity index (χ1n) is 8.24. The molecule has 2 aromatic heterocycles. The summed E-state index contributed by atoms with van der Waals surface area (Å²) < 4.78 is 15.1. The van der Waals surface area contributed by atoms with Crippen molar-refractivity contribution in [3.63, 3.8) is 0 Å². The second-order valence-electron chi connectivity index (χ2n) is 5.74. The molecule has 2 heterocycles. The molecule has 0 bridgehead atoms. The number of carbonyl (C=O) groups excluding carboxylic acids is 2. The molecule has 0 spiro atoms. The number of carbonyl (C=O) groups is 2. The van der Waals surface area contributed by atoms with Crippen molar-refractivity contribution in [1.82, 2.24) is 5.32 Å². The minimum Gasteiger partial charge on any atom is -0.508 e. The molecule has 0 aliphatic rings. The Bertz CT molecular complexity index is 1030. The highest BCUT2D eigenvalue weighted by Crippen LogP contribution is 2.27. The predicted octanol–water partition coefficient (Wildman–Crippen LogP) is 2.13. The van der Waals surface area contributed by atoms with Crippen LogP contribution in [0.1, 0.15) is 28.6 Å². The Morgan fingerprint density at radius 3 is 2.74 bits per heavy atom. The second kappa shape index (κ2) is 7.77. The van der Waals surface area contributed by atoms with E-state index in [1.54, 1.807) is 12.1 Å². The van der Waals surface area contributed by atoms with Gasteiger partial charge in [-0.3, -0.25) is 9.59 Å². The van der Waals surface area contributed by atoms with Gasteiger partial charge in [0.05, 0.1) is 6.26 Å². The fourth-order valence-corrected chi connectivity index (χ4v) is 2.57. The zero-order chi connectivity index (χ0) is 19.4. The summed E-state index contributed by atoms with van der Waals surface area (Å²) in [6.07, 6.45) is 1.93. The van der Waals surface area contributed by atoms with E-state index in [2.05, 4.69) is 5.32 Å². The third kappa shape index (κ3) is 4.17. The lowest BCUT2D eigenvalue weighted by Gasteiger charge is -2.10. The van der Waals surface area contributed by atoms with Gasteiger partial charge in [0, 0.05) is 23.1 Å². The van der Waals surface area contributed by atoms with Crippen LogP contribution in [0.4, 0.5) is 0 Å². The molecule has 0 saturated heterocycles. The first kappa shape index (κ1) is 18.2. The Labute approximate surface area is 153 Å². The SMILES string of the molecule is CCc1cc2c(COC(=O)CNC(=O)c3ccco3)cc(=O)oc2cc1O. The number of phenolic OH excluding ortho intramolecular Hbond substituents is 1. The van der Waals surface area contributed by atoms with Gasteiger partial charge >= 0.3 is 11.6 Å². The van der Waals surface area contributed by atoms with Crippen LogP contribution in [0.2, 0.25) is 0 Å². The fraction of sp³-hybridized carbons (Fsp3) is 0.211. The molecular weight excluding hydrogens is 354 g/mol. The van der Waals surface area contributed by atoms with Gasteiger partial charge in [-0.05, 0) is 30.2 Å². The van der Waals surface area contributed by atoms with E-state index < -0.39 is 17.5 Å². The zero-order valence-corrected chi connectivity index (χ0v) is 14.5. The summed E-state index contributed by atoms with van der Waals surface area (Å²) in [7, 11) is 0. The number of hydrogen-bond donors (Lipinski definition) is 2. The molecule has 0 fully saturated rings. The molecule has 0 atom stereocenters. The van der Waals surface area contributed by atoms with Crippen molar-refractivity contribution < 1.29 is 28.3 Å². The van der Waals surface area contributed by atoms with E-state index in [0.717, 1.165) is 0 Å². The molecule has 1 amide bonds. The number of hydrogen-bond acceptors (Lipinski definition) is 7. The summed E-state index contributed by atoms with van der Waals surface area (Å²) in [5.41, 5.74) is 0.703. The van der Waals surface area contributed by atoms with Crippen molar-refractivity contribution in [2.24, 2.45) is 0 Å². The van der Waals surface area contributed by atoms with E-state index in [1.165, 1.54) is 24.5 Å². The number of aryl methyl sites for hydroxylation is 1. The number of esters is 1. The number of ether oxygens (including phenoxy) is 1. The highest BCUT2D eigenvalue weighted by molar-refractivity contribution is 5.93. The third-order valence-corrected chi connectivity index (χ3v) is 3.94. The molecule has 3 rings (SSSR count). The minimum absolute atomic E-state index is 0.0305. The van der Waals surface area contributed by atoms with Gasteiger partial charge < -0.3 is 24.0 Å². The fourth-order valence-electron chi connectivity index (χ4n) is 2.57. The monoisotopic (exact) mass is 371 g/mol. The van der Waals surface area contributed by atoms with Gasteiger partial charge in [0.25, 0.3) is 5.91 Å². The highest BCUT2D eigenvalue weighted by atomic mass is 16.5. The normalized spacial score (nSPS) is 10.7. The summed E-state index contributed by atoms with van der Waals surface area (Å²) in [6.45, 7) is 1.35. The molecule has 2 N–H and O–H groups in total. The van der Waals surface area contributed by atoms with Crippen molar-refractivity contribution in [1.29, 1.82) is 0 Å². The number of benzene rings is 1. The minimum atomic E-state index is -0.675. The maximum Gasteiger partial charge on any atom is 0.336 e. The van der Waals surface area contributed by atoms with Gasteiger partial charge in [0.1, 0.15) is 24.5 Å². The summed E-state index contributed by atoms with van der Waals surface area (Å²) in [5.74, 6) is -1.10. The molecule has 3 aromatic rings. The van der Waals surface area contributed by atoms with Crippen molar-refractivity contribution in [2.45, 2.75) is 20.0 Å². The van der Waals surface area contributed by atoms with Gasteiger partial charge in [0.15, 0.2) is 5.76 Å². The number of phenols is 1. The topological polar surface area (TPSA) is 119 Å². The molecule has 8 heteroatoms. The largest absolute Gasteiger partial charge is 0.508 e. The second-order valence-corrected chi connectivity index (χ2v) is 5.74. The number of fused-ring (bicyclic) bond motifs is 1. The molecule has 0 radical (unpaired) electrons. The molecule has 0 aliphatic carbocycles. The molecule has 0 unspecified atom stereocenters. The standard InChI is InChI=1S/C19H17NO7/c1-2-11-6-13-12(7-17(22)27-16(13)8-14(11)21)10-26-18(23)9-20-19(24)15-4-3-5-25-15/h3-8,21H,2,9-10H2,1H3,(H,20,24). The maximum absolute atomic E-state index is 11.9. The summed E-state index contributed by atoms with van der Waals surface area (Å²) >= 11 is 0. The van der Waals surface area contributed by atoms with E-state index in [-0.39, 0.29) is 30.2 Å². The third-order valence-electron chi connectivity index (χ3n) is 3.94. The number of rotatable bonds is 6. The lowest BCUT2D eigenvalue weighted by Crippen LogP contribution is -2.30. The van der Waals surface area contributed by atoms with Crippen molar-refractivity contribution >= 4 is 22.8 Å². The van der Waals surface area contributed by atoms with E-state index in [4.69, 9.17) is 13.6 Å². The van der Waals surface area contributed by atoms with E-state index in [9.17, 15) is 19.5 Å². The number of aromatic hydroxyl groups is 1. The molecule has 1 aromatic carbocycles. The van der Waals surface area contributed by atoms with E-state index in [1.807, 2.05) is 6.92 Å². The van der Waals surface area contributed by atoms with Crippen LogP contribution in [0, 0.1) is 0 Å². The number of furan rings is 1. The molecule has 27 heavy (non-hydrogen) atoms. The van der Waals surface area contributed by atoms with Crippen molar-refractivity contribution in [3.05, 3.63) is 63.9 Å². The van der Waals surface area contributed by atoms with E-state index >= 15 is 0 Å². The van der Waals surface area contributed by atoms with Gasteiger partial charge in [-0.25, -0.2) is 4.79 Å². The van der Waals surface area contributed by atoms with Crippen LogP contribution in [0.25, 0.3) is 11.0 Å². The molecule has 0 saturated carbocycles. The molecule has 0 aliphatic heterocycles. The highest BCUT2D eigenvalue weighted by Gasteiger charge is 2.14. The summed E-state index contributed by atoms with van der Waals surface area (Å²) in [5, 5.41) is 12.9. The predicted molar refractivity (Wildman–Crippen MR) is 94.4 cm³/mol. The van der Waals surface area contributed by atoms with Crippen LogP contribution in [-0.4, -0.2) is 23.5 Å². The Hall–Kier alpha value is -3.55. The van der Waals surface area contributed by atoms with Crippen molar-refractivity contribution in [3.8, 4) is 5.75 Å². The van der Waals surface area contributed by atoms with Gasteiger partial charge in [-0.2, -0.15) is 0 Å². The lowest BCUT2D eigenvalue weighted by atomic mass is 10.0. The van der Waals surface area contributed by atoms with Gasteiger partial charge in [-0.1, -0.05) is 6.92 Å². The summed E-state index contributed by atoms with van der Waals surface area (Å²) in [6, 6.07) is 7.31. The first-order valence-corrected chi connectivity index (χ1v) is 8.24. The zero-order valence-electron chi connectivity index (χ0n) is 14.5. The molecular formula is C19H17NO7. The average molecular weight is 371 g/mol. The van der Waals surface area contributed by atoms with Gasteiger partial charge in [0.2, 0.25) is 0 Å². The quantitative estimate of drug-likeness (QED) is 0.503. The molecule has 140 valence electrons. The van der Waals surface area contributed by atoms with Crippen molar-refractivity contribution in [2.75, 3.05) is 6.54 Å². The maximum atomic E-state index is 11.9. The summed E-state index contributed by atoms with van der Waals surface area (Å²) in [4.78, 5) is 35.3. The Kier molecular flexibility index (Phi) is 5.25. The van der Waals surface area contributed by atoms with Crippen LogP contribution in [0.15, 0.2) is 50.2 Å².